The van der Waals surface area contributed by atoms with Gasteiger partial charge in [-0.25, -0.2) is 8.42 Å². The van der Waals surface area contributed by atoms with E-state index in [0.29, 0.717) is 12.2 Å². The number of aryl methyl sites for hydroxylation is 4. The summed E-state index contributed by atoms with van der Waals surface area (Å²) in [5.74, 6) is -0.773. The molecule has 0 saturated carbocycles. The van der Waals surface area contributed by atoms with Crippen LogP contribution in [0.3, 0.4) is 0 Å². The SMILES string of the molecule is CCNC(=O)[C@@H](C)N(Cc1ccc(C)cc1)C(=O)CN(c1ccc(C)c(C)c1)S(=O)(=O)c1ccc(C)cc1. The smallest absolute Gasteiger partial charge is 0.264 e. The van der Waals surface area contributed by atoms with Crippen LogP contribution in [0, 0.1) is 27.7 Å². The normalized spacial score (nSPS) is 12.1. The van der Waals surface area contributed by atoms with Crippen LogP contribution in [0.5, 0.6) is 0 Å². The molecule has 7 nitrogen and oxygen atoms in total. The lowest BCUT2D eigenvalue weighted by Gasteiger charge is -2.32. The summed E-state index contributed by atoms with van der Waals surface area (Å²) in [6.45, 7) is 11.3. The van der Waals surface area contributed by atoms with Crippen molar-refractivity contribution in [3.8, 4) is 0 Å². The molecule has 0 saturated heterocycles. The highest BCUT2D eigenvalue weighted by Crippen LogP contribution is 2.27. The molecule has 0 spiro atoms. The van der Waals surface area contributed by atoms with Crippen molar-refractivity contribution in [2.24, 2.45) is 0 Å². The van der Waals surface area contributed by atoms with Gasteiger partial charge in [-0.05, 0) is 82.5 Å². The molecule has 1 N–H and O–H groups in total. The average molecular weight is 536 g/mol. The topological polar surface area (TPSA) is 86.8 Å². The summed E-state index contributed by atoms with van der Waals surface area (Å²) in [7, 11) is -4.08. The molecule has 0 radical (unpaired) electrons. The van der Waals surface area contributed by atoms with Crippen molar-refractivity contribution in [2.45, 2.75) is 59.0 Å². The van der Waals surface area contributed by atoms with Gasteiger partial charge in [-0.3, -0.25) is 13.9 Å². The summed E-state index contributed by atoms with van der Waals surface area (Å²) in [6.07, 6.45) is 0. The minimum atomic E-state index is -4.08. The quantitative estimate of drug-likeness (QED) is 0.409. The third-order valence-corrected chi connectivity index (χ3v) is 8.45. The second-order valence-electron chi connectivity index (χ2n) is 9.67. The number of benzene rings is 3. The Morgan fingerprint density at radius 3 is 1.97 bits per heavy atom. The molecule has 0 heterocycles. The van der Waals surface area contributed by atoms with Crippen LogP contribution in [0.25, 0.3) is 0 Å². The Labute approximate surface area is 226 Å². The Morgan fingerprint density at radius 2 is 1.42 bits per heavy atom. The van der Waals surface area contributed by atoms with E-state index in [9.17, 15) is 18.0 Å². The number of amides is 2. The Bertz CT molecular complexity index is 1380. The fraction of sp³-hybridized carbons (Fsp3) is 0.333. The Balaban J connectivity index is 2.05. The fourth-order valence-corrected chi connectivity index (χ4v) is 5.45. The van der Waals surface area contributed by atoms with Crippen LogP contribution in [-0.4, -0.2) is 44.3 Å². The molecule has 0 aliphatic carbocycles. The molecule has 38 heavy (non-hydrogen) atoms. The molecule has 3 rings (SSSR count). The molecular formula is C30H37N3O4S. The number of hydrogen-bond donors (Lipinski definition) is 1. The Hall–Kier alpha value is -3.65. The maximum atomic E-state index is 13.9. The highest BCUT2D eigenvalue weighted by molar-refractivity contribution is 7.92. The molecule has 2 amide bonds. The first-order chi connectivity index (χ1) is 17.9. The summed E-state index contributed by atoms with van der Waals surface area (Å²) in [6, 6.07) is 18.8. The number of nitrogens with one attached hydrogen (secondary N) is 1. The molecule has 3 aromatic rings. The van der Waals surface area contributed by atoms with Crippen LogP contribution in [0.2, 0.25) is 0 Å². The maximum absolute atomic E-state index is 13.9. The third-order valence-electron chi connectivity index (χ3n) is 6.66. The fourth-order valence-electron chi connectivity index (χ4n) is 4.04. The molecule has 0 aliphatic heterocycles. The van der Waals surface area contributed by atoms with Gasteiger partial charge in [0.25, 0.3) is 10.0 Å². The van der Waals surface area contributed by atoms with Crippen LogP contribution < -0.4 is 9.62 Å². The monoisotopic (exact) mass is 535 g/mol. The number of carbonyl (C=O) groups excluding carboxylic acids is 2. The Morgan fingerprint density at radius 1 is 0.842 bits per heavy atom. The molecule has 3 aromatic carbocycles. The highest BCUT2D eigenvalue weighted by Gasteiger charge is 2.32. The molecule has 202 valence electrons. The van der Waals surface area contributed by atoms with E-state index in [2.05, 4.69) is 5.32 Å². The van der Waals surface area contributed by atoms with E-state index in [1.807, 2.05) is 65.0 Å². The maximum Gasteiger partial charge on any atom is 0.264 e. The van der Waals surface area contributed by atoms with Crippen LogP contribution in [0.1, 0.15) is 41.7 Å². The van der Waals surface area contributed by atoms with Crippen LogP contribution in [0.4, 0.5) is 5.69 Å². The van der Waals surface area contributed by atoms with Gasteiger partial charge < -0.3 is 10.2 Å². The van der Waals surface area contributed by atoms with Crippen molar-refractivity contribution in [2.75, 3.05) is 17.4 Å². The first-order valence-electron chi connectivity index (χ1n) is 12.7. The van der Waals surface area contributed by atoms with Crippen LogP contribution in [0.15, 0.2) is 71.6 Å². The standard InChI is InChI=1S/C30H37N3O4S/c1-7-31-30(35)25(6)32(19-26-13-8-21(2)9-14-26)29(34)20-33(27-15-12-23(4)24(5)18-27)38(36,37)28-16-10-22(3)11-17-28/h8-18,25H,7,19-20H2,1-6H3,(H,31,35)/t25-/m1/s1. The Kier molecular flexibility index (Phi) is 9.33. The predicted molar refractivity (Wildman–Crippen MR) is 152 cm³/mol. The van der Waals surface area contributed by atoms with Gasteiger partial charge in [-0.15, -0.1) is 0 Å². The zero-order chi connectivity index (χ0) is 28.0. The number of anilines is 1. The van der Waals surface area contributed by atoms with Crippen molar-refractivity contribution in [3.05, 3.63) is 94.5 Å². The summed E-state index contributed by atoms with van der Waals surface area (Å²) < 4.78 is 28.9. The second kappa shape index (κ2) is 12.3. The number of nitrogens with zero attached hydrogens (tertiary/aromatic N) is 2. The minimum absolute atomic E-state index is 0.0935. The lowest BCUT2D eigenvalue weighted by molar-refractivity contribution is -0.139. The summed E-state index contributed by atoms with van der Waals surface area (Å²) in [5, 5.41) is 2.77. The van der Waals surface area contributed by atoms with E-state index >= 15 is 0 Å². The third kappa shape index (κ3) is 6.81. The molecule has 1 atom stereocenters. The van der Waals surface area contributed by atoms with Gasteiger partial charge >= 0.3 is 0 Å². The average Bonchev–Trinajstić information content (AvgIpc) is 2.88. The summed E-state index contributed by atoms with van der Waals surface area (Å²) >= 11 is 0. The summed E-state index contributed by atoms with van der Waals surface area (Å²) in [4.78, 5) is 28.2. The van der Waals surface area contributed by atoms with Gasteiger partial charge in [-0.1, -0.05) is 53.6 Å². The zero-order valence-corrected chi connectivity index (χ0v) is 23.8. The lowest BCUT2D eigenvalue weighted by atomic mass is 10.1. The van der Waals surface area contributed by atoms with E-state index in [-0.39, 0.29) is 17.3 Å². The summed E-state index contributed by atoms with van der Waals surface area (Å²) in [5.41, 5.74) is 5.17. The van der Waals surface area contributed by atoms with Crippen LogP contribution in [-0.2, 0) is 26.2 Å². The van der Waals surface area contributed by atoms with E-state index < -0.39 is 28.5 Å². The first-order valence-corrected chi connectivity index (χ1v) is 14.2. The molecule has 8 heteroatoms. The van der Waals surface area contributed by atoms with Crippen molar-refractivity contribution in [3.63, 3.8) is 0 Å². The largest absolute Gasteiger partial charge is 0.355 e. The van der Waals surface area contributed by atoms with E-state index in [0.717, 1.165) is 32.1 Å². The van der Waals surface area contributed by atoms with E-state index in [4.69, 9.17) is 0 Å². The van der Waals surface area contributed by atoms with Crippen LogP contribution >= 0.6 is 0 Å². The number of likely N-dealkylation sites (N-methyl/N-ethyl adjacent to an activating group) is 1. The minimum Gasteiger partial charge on any atom is -0.355 e. The molecule has 0 fully saturated rings. The number of rotatable bonds is 10. The van der Waals surface area contributed by atoms with Gasteiger partial charge in [-0.2, -0.15) is 0 Å². The van der Waals surface area contributed by atoms with Gasteiger partial charge in [0.1, 0.15) is 12.6 Å². The number of hydrogen-bond acceptors (Lipinski definition) is 4. The van der Waals surface area contributed by atoms with Crippen molar-refractivity contribution >= 4 is 27.5 Å². The molecule has 0 unspecified atom stereocenters. The van der Waals surface area contributed by atoms with Crippen molar-refractivity contribution < 1.29 is 18.0 Å². The van der Waals surface area contributed by atoms with E-state index in [1.165, 1.54) is 4.90 Å². The van der Waals surface area contributed by atoms with Gasteiger partial charge in [0.2, 0.25) is 11.8 Å². The highest BCUT2D eigenvalue weighted by atomic mass is 32.2. The molecule has 0 aromatic heterocycles. The molecule has 0 aliphatic rings. The number of sulfonamides is 1. The zero-order valence-electron chi connectivity index (χ0n) is 23.0. The number of carbonyl (C=O) groups is 2. The second-order valence-corrected chi connectivity index (χ2v) is 11.5. The van der Waals surface area contributed by atoms with Crippen molar-refractivity contribution in [1.29, 1.82) is 0 Å². The molecule has 0 bridgehead atoms. The molecular weight excluding hydrogens is 498 g/mol. The van der Waals surface area contributed by atoms with Gasteiger partial charge in [0.15, 0.2) is 0 Å². The van der Waals surface area contributed by atoms with Gasteiger partial charge in [0, 0.05) is 13.1 Å². The lowest BCUT2D eigenvalue weighted by Crippen LogP contribution is -2.51. The van der Waals surface area contributed by atoms with Gasteiger partial charge in [0.05, 0.1) is 10.6 Å². The van der Waals surface area contributed by atoms with E-state index in [1.54, 1.807) is 43.3 Å². The van der Waals surface area contributed by atoms with Crippen molar-refractivity contribution in [1.82, 2.24) is 10.2 Å². The predicted octanol–water partition coefficient (Wildman–Crippen LogP) is 4.67. The first kappa shape index (κ1) is 28.9.